The molecule has 0 heterocycles. The normalized spacial score (nSPS) is 12.0. The second kappa shape index (κ2) is 12.7. The Labute approximate surface area is 181 Å². The summed E-state index contributed by atoms with van der Waals surface area (Å²) in [4.78, 5) is 7.21. The molecule has 0 amide bonds. The molecule has 1 N–H and O–H groups in total. The van der Waals surface area contributed by atoms with Gasteiger partial charge in [-0.15, -0.1) is 24.0 Å². The van der Waals surface area contributed by atoms with Crippen molar-refractivity contribution in [3.05, 3.63) is 60.2 Å². The van der Waals surface area contributed by atoms with Crippen LogP contribution in [0.15, 0.2) is 64.5 Å². The maximum Gasteiger partial charge on any atom is 0.193 e. The highest BCUT2D eigenvalue weighted by Gasteiger charge is 2.08. The molecule has 0 aliphatic carbocycles. The Kier molecular flexibility index (Phi) is 11.0. The molecular weight excluding hydrogens is 473 g/mol. The van der Waals surface area contributed by atoms with Crippen LogP contribution in [0.1, 0.15) is 12.5 Å². The van der Waals surface area contributed by atoms with Gasteiger partial charge in [0.15, 0.2) is 5.96 Å². The summed E-state index contributed by atoms with van der Waals surface area (Å²) in [7, 11) is 2.73. The van der Waals surface area contributed by atoms with Gasteiger partial charge >= 0.3 is 0 Å². The van der Waals surface area contributed by atoms with Gasteiger partial charge < -0.3 is 15.0 Å². The quantitative estimate of drug-likeness (QED) is 0.342. The maximum absolute atomic E-state index is 12.3. The molecule has 5 nitrogen and oxygen atoms in total. The van der Waals surface area contributed by atoms with Crippen LogP contribution >= 0.6 is 24.0 Å². The number of aliphatic imine (C=N–C) groups is 1. The summed E-state index contributed by atoms with van der Waals surface area (Å²) in [6, 6.07) is 17.6. The monoisotopic (exact) mass is 501 g/mol. The Hall–Kier alpha value is -1.61. The van der Waals surface area contributed by atoms with Crippen LogP contribution in [0.4, 0.5) is 0 Å². The fraction of sp³-hybridized carbons (Fsp3) is 0.350. The van der Waals surface area contributed by atoms with Gasteiger partial charge in [0.25, 0.3) is 0 Å². The van der Waals surface area contributed by atoms with Crippen LogP contribution in [0.2, 0.25) is 0 Å². The van der Waals surface area contributed by atoms with Gasteiger partial charge in [0.05, 0.1) is 17.4 Å². The van der Waals surface area contributed by atoms with Crippen molar-refractivity contribution in [1.29, 1.82) is 0 Å². The lowest BCUT2D eigenvalue weighted by molar-refractivity contribution is 0.340. The molecule has 0 bridgehead atoms. The number of guanidine groups is 1. The average molecular weight is 501 g/mol. The third kappa shape index (κ3) is 7.88. The number of rotatable bonds is 8. The maximum atomic E-state index is 12.3. The fourth-order valence-electron chi connectivity index (χ4n) is 2.54. The minimum atomic E-state index is -1.01. The van der Waals surface area contributed by atoms with Crippen molar-refractivity contribution in [1.82, 2.24) is 10.2 Å². The molecule has 0 aliphatic heterocycles. The van der Waals surface area contributed by atoms with Crippen LogP contribution < -0.4 is 10.1 Å². The largest absolute Gasteiger partial charge is 0.494 e. The molecule has 2 aromatic carbocycles. The lowest BCUT2D eigenvalue weighted by Gasteiger charge is -2.22. The van der Waals surface area contributed by atoms with E-state index in [4.69, 9.17) is 4.74 Å². The number of benzene rings is 2. The number of nitrogens with one attached hydrogen (secondary N) is 1. The molecule has 27 heavy (non-hydrogen) atoms. The molecule has 2 rings (SSSR count). The van der Waals surface area contributed by atoms with E-state index < -0.39 is 10.8 Å². The van der Waals surface area contributed by atoms with Crippen LogP contribution in [0.5, 0.6) is 5.75 Å². The molecule has 7 heteroatoms. The van der Waals surface area contributed by atoms with Crippen LogP contribution in [-0.2, 0) is 17.3 Å². The van der Waals surface area contributed by atoms with E-state index in [0.717, 1.165) is 23.1 Å². The first-order valence-electron chi connectivity index (χ1n) is 8.71. The second-order valence-corrected chi connectivity index (χ2v) is 7.34. The van der Waals surface area contributed by atoms with Gasteiger partial charge in [-0.1, -0.05) is 30.3 Å². The zero-order valence-electron chi connectivity index (χ0n) is 16.1. The van der Waals surface area contributed by atoms with Crippen LogP contribution in [-0.4, -0.2) is 48.1 Å². The number of ether oxygens (including phenoxy) is 1. The third-order valence-corrected chi connectivity index (χ3v) is 5.18. The van der Waals surface area contributed by atoms with E-state index in [1.165, 1.54) is 5.56 Å². The van der Waals surface area contributed by atoms with E-state index in [-0.39, 0.29) is 24.0 Å². The van der Waals surface area contributed by atoms with Gasteiger partial charge in [-0.25, -0.2) is 0 Å². The summed E-state index contributed by atoms with van der Waals surface area (Å²) in [6.45, 7) is 3.97. The summed E-state index contributed by atoms with van der Waals surface area (Å²) in [5.74, 6) is 2.20. The van der Waals surface area contributed by atoms with Crippen LogP contribution in [0.3, 0.4) is 0 Å². The molecule has 2 aromatic rings. The number of hydrogen-bond donors (Lipinski definition) is 1. The molecule has 1 unspecified atom stereocenters. The SMILES string of the molecule is CCOc1ccc(CN(C)C(=NC)NCCS(=O)c2ccccc2)cc1.I. The van der Waals surface area contributed by atoms with Crippen LogP contribution in [0, 0.1) is 0 Å². The van der Waals surface area contributed by atoms with Crippen LogP contribution in [0.25, 0.3) is 0 Å². The Morgan fingerprint density at radius 3 is 2.41 bits per heavy atom. The van der Waals surface area contributed by atoms with Crippen molar-refractivity contribution < 1.29 is 8.95 Å². The molecule has 0 aliphatic rings. The molecule has 148 valence electrons. The van der Waals surface area contributed by atoms with Gasteiger partial charge in [0.1, 0.15) is 5.75 Å². The Morgan fingerprint density at radius 1 is 1.15 bits per heavy atom. The molecule has 0 radical (unpaired) electrons. The van der Waals surface area contributed by atoms with E-state index in [1.54, 1.807) is 7.05 Å². The minimum absolute atomic E-state index is 0. The number of halogens is 1. The van der Waals surface area contributed by atoms with Crippen molar-refractivity contribution in [2.24, 2.45) is 4.99 Å². The van der Waals surface area contributed by atoms with E-state index in [1.807, 2.05) is 61.3 Å². The summed E-state index contributed by atoms with van der Waals surface area (Å²) < 4.78 is 17.7. The van der Waals surface area contributed by atoms with Gasteiger partial charge in [0, 0.05) is 37.8 Å². The molecule has 1 atom stereocenters. The van der Waals surface area contributed by atoms with E-state index in [2.05, 4.69) is 22.4 Å². The van der Waals surface area contributed by atoms with Crippen molar-refractivity contribution >= 4 is 40.7 Å². The Bertz CT molecular complexity index is 724. The first-order valence-corrected chi connectivity index (χ1v) is 10.0. The lowest BCUT2D eigenvalue weighted by Crippen LogP contribution is -2.40. The third-order valence-electron chi connectivity index (χ3n) is 3.80. The summed E-state index contributed by atoms with van der Waals surface area (Å²) >= 11 is 0. The predicted molar refractivity (Wildman–Crippen MR) is 124 cm³/mol. The number of nitrogens with zero attached hydrogens (tertiary/aromatic N) is 2. The first-order chi connectivity index (χ1) is 12.6. The smallest absolute Gasteiger partial charge is 0.193 e. The molecule has 0 saturated carbocycles. The highest BCUT2D eigenvalue weighted by molar-refractivity contribution is 14.0. The van der Waals surface area contributed by atoms with E-state index in [0.29, 0.717) is 18.9 Å². The molecular formula is C20H28IN3O2S. The standard InChI is InChI=1S/C20H27N3O2S.HI/c1-4-25-18-12-10-17(11-13-18)16-23(3)20(21-2)22-14-15-26(24)19-8-6-5-7-9-19;/h5-13H,4,14-16H2,1-3H3,(H,21,22);1H. The summed E-state index contributed by atoms with van der Waals surface area (Å²) in [6.07, 6.45) is 0. The second-order valence-electron chi connectivity index (χ2n) is 5.77. The lowest BCUT2D eigenvalue weighted by atomic mass is 10.2. The van der Waals surface area contributed by atoms with Crippen molar-refractivity contribution in [2.75, 3.05) is 33.0 Å². The first kappa shape index (κ1) is 23.4. The summed E-state index contributed by atoms with van der Waals surface area (Å²) in [5.41, 5.74) is 1.17. The van der Waals surface area contributed by atoms with Crippen molar-refractivity contribution in [3.8, 4) is 5.75 Å². The Balaban J connectivity index is 0.00000364. The number of hydrogen-bond acceptors (Lipinski definition) is 3. The van der Waals surface area contributed by atoms with E-state index in [9.17, 15) is 4.21 Å². The molecule has 0 spiro atoms. The highest BCUT2D eigenvalue weighted by atomic mass is 127. The topological polar surface area (TPSA) is 53.9 Å². The zero-order valence-corrected chi connectivity index (χ0v) is 19.2. The predicted octanol–water partition coefficient (Wildman–Crippen LogP) is 3.52. The minimum Gasteiger partial charge on any atom is -0.494 e. The van der Waals surface area contributed by atoms with Crippen molar-refractivity contribution in [3.63, 3.8) is 0 Å². The molecule has 0 fully saturated rings. The van der Waals surface area contributed by atoms with Gasteiger partial charge in [-0.05, 0) is 36.8 Å². The molecule has 0 aromatic heterocycles. The Morgan fingerprint density at radius 2 is 1.81 bits per heavy atom. The molecule has 0 saturated heterocycles. The summed E-state index contributed by atoms with van der Waals surface area (Å²) in [5, 5.41) is 3.28. The van der Waals surface area contributed by atoms with Gasteiger partial charge in [-0.2, -0.15) is 0 Å². The van der Waals surface area contributed by atoms with Crippen molar-refractivity contribution in [2.45, 2.75) is 18.4 Å². The average Bonchev–Trinajstić information content (AvgIpc) is 2.67. The highest BCUT2D eigenvalue weighted by Crippen LogP contribution is 2.13. The fourth-order valence-corrected chi connectivity index (χ4v) is 3.52. The zero-order chi connectivity index (χ0) is 18.8. The van der Waals surface area contributed by atoms with Gasteiger partial charge in [0.2, 0.25) is 0 Å². The van der Waals surface area contributed by atoms with Gasteiger partial charge in [-0.3, -0.25) is 9.20 Å². The van der Waals surface area contributed by atoms with E-state index >= 15 is 0 Å².